The third-order valence-corrected chi connectivity index (χ3v) is 6.10. The molecule has 1 fully saturated rings. The van der Waals surface area contributed by atoms with E-state index in [1.807, 2.05) is 36.4 Å². The van der Waals surface area contributed by atoms with E-state index >= 15 is 0 Å². The van der Waals surface area contributed by atoms with Gasteiger partial charge < -0.3 is 14.5 Å². The molecule has 0 aliphatic carbocycles. The van der Waals surface area contributed by atoms with Crippen molar-refractivity contribution in [2.24, 2.45) is 0 Å². The van der Waals surface area contributed by atoms with Crippen molar-refractivity contribution in [2.75, 3.05) is 20.2 Å². The van der Waals surface area contributed by atoms with Gasteiger partial charge in [-0.3, -0.25) is 14.7 Å². The second kappa shape index (κ2) is 9.10. The van der Waals surface area contributed by atoms with Gasteiger partial charge in [-0.05, 0) is 40.7 Å². The van der Waals surface area contributed by atoms with Crippen molar-refractivity contribution in [2.45, 2.75) is 38.8 Å². The fourth-order valence-corrected chi connectivity index (χ4v) is 4.15. The number of hydrogen-bond donors (Lipinski definition) is 1. The fourth-order valence-electron chi connectivity index (χ4n) is 4.15. The number of aromatic nitrogens is 2. The van der Waals surface area contributed by atoms with E-state index in [9.17, 15) is 9.59 Å². The SMILES string of the molecule is COc1ccc(CCN2C(=O)CN(C(=O)c3cn[nH]c3)C2c2ccc(C(C)(C)C)cc2)cc1. The van der Waals surface area contributed by atoms with Gasteiger partial charge in [0.05, 0.1) is 18.9 Å². The van der Waals surface area contributed by atoms with Gasteiger partial charge in [0.15, 0.2) is 0 Å². The zero-order chi connectivity index (χ0) is 23.6. The Labute approximate surface area is 194 Å². The van der Waals surface area contributed by atoms with Gasteiger partial charge in [0, 0.05) is 12.7 Å². The van der Waals surface area contributed by atoms with Crippen LogP contribution in [0.2, 0.25) is 0 Å². The second-order valence-electron chi connectivity index (χ2n) is 9.35. The average molecular weight is 447 g/mol. The molecular formula is C26H30N4O3. The molecule has 2 aromatic carbocycles. The highest BCUT2D eigenvalue weighted by atomic mass is 16.5. The first-order valence-corrected chi connectivity index (χ1v) is 11.1. The molecule has 1 aliphatic rings. The van der Waals surface area contributed by atoms with Crippen molar-refractivity contribution in [1.29, 1.82) is 0 Å². The lowest BCUT2D eigenvalue weighted by atomic mass is 9.86. The van der Waals surface area contributed by atoms with E-state index in [-0.39, 0.29) is 23.8 Å². The van der Waals surface area contributed by atoms with Crippen molar-refractivity contribution in [3.63, 3.8) is 0 Å². The molecule has 172 valence electrons. The zero-order valence-corrected chi connectivity index (χ0v) is 19.5. The highest BCUT2D eigenvalue weighted by Gasteiger charge is 2.41. The van der Waals surface area contributed by atoms with Crippen LogP contribution < -0.4 is 4.74 Å². The van der Waals surface area contributed by atoms with Crippen LogP contribution in [0.3, 0.4) is 0 Å². The molecule has 33 heavy (non-hydrogen) atoms. The minimum Gasteiger partial charge on any atom is -0.497 e. The second-order valence-corrected chi connectivity index (χ2v) is 9.35. The Morgan fingerprint density at radius 1 is 1.12 bits per heavy atom. The van der Waals surface area contributed by atoms with Crippen molar-refractivity contribution < 1.29 is 14.3 Å². The number of rotatable bonds is 6. The molecule has 0 saturated carbocycles. The van der Waals surface area contributed by atoms with E-state index in [0.29, 0.717) is 18.5 Å². The van der Waals surface area contributed by atoms with E-state index in [0.717, 1.165) is 16.9 Å². The normalized spacial score (nSPS) is 16.4. The summed E-state index contributed by atoms with van der Waals surface area (Å²) in [5.41, 5.74) is 3.68. The molecule has 1 unspecified atom stereocenters. The summed E-state index contributed by atoms with van der Waals surface area (Å²) >= 11 is 0. The molecule has 7 heteroatoms. The molecule has 0 bridgehead atoms. The molecule has 1 aromatic heterocycles. The Hall–Kier alpha value is -3.61. The molecule has 1 aliphatic heterocycles. The predicted molar refractivity (Wildman–Crippen MR) is 126 cm³/mol. The highest BCUT2D eigenvalue weighted by molar-refractivity contribution is 5.98. The lowest BCUT2D eigenvalue weighted by Gasteiger charge is -2.31. The minimum atomic E-state index is -0.466. The Balaban J connectivity index is 1.63. The Kier molecular flexibility index (Phi) is 6.22. The van der Waals surface area contributed by atoms with Crippen LogP contribution in [-0.4, -0.2) is 52.0 Å². The summed E-state index contributed by atoms with van der Waals surface area (Å²) in [6.07, 6.45) is 3.27. The first kappa shape index (κ1) is 22.6. The number of hydrogen-bond acceptors (Lipinski definition) is 4. The number of ether oxygens (including phenoxy) is 1. The van der Waals surface area contributed by atoms with Crippen LogP contribution in [0.1, 0.15) is 54.0 Å². The van der Waals surface area contributed by atoms with Crippen LogP contribution >= 0.6 is 0 Å². The Morgan fingerprint density at radius 2 is 1.82 bits per heavy atom. The molecule has 1 atom stereocenters. The lowest BCUT2D eigenvalue weighted by Crippen LogP contribution is -2.36. The van der Waals surface area contributed by atoms with Crippen molar-refractivity contribution in [3.8, 4) is 5.75 Å². The standard InChI is InChI=1S/C26H30N4O3/c1-26(2,3)21-9-7-19(8-10-21)24-29(14-13-18-5-11-22(33-4)12-6-18)23(31)17-30(24)25(32)20-15-27-28-16-20/h5-12,15-16,24H,13-14,17H2,1-4H3,(H,27,28). The number of aromatic amines is 1. The zero-order valence-electron chi connectivity index (χ0n) is 19.5. The quantitative estimate of drug-likeness (QED) is 0.622. The van der Waals surface area contributed by atoms with Gasteiger partial charge in [-0.25, -0.2) is 0 Å². The van der Waals surface area contributed by atoms with Crippen LogP contribution in [0.4, 0.5) is 0 Å². The van der Waals surface area contributed by atoms with Crippen molar-refractivity contribution >= 4 is 11.8 Å². The summed E-state index contributed by atoms with van der Waals surface area (Å²) in [7, 11) is 1.64. The summed E-state index contributed by atoms with van der Waals surface area (Å²) in [4.78, 5) is 29.7. The number of methoxy groups -OCH3 is 1. The monoisotopic (exact) mass is 446 g/mol. The summed E-state index contributed by atoms with van der Waals surface area (Å²) < 4.78 is 5.23. The third-order valence-electron chi connectivity index (χ3n) is 6.10. The lowest BCUT2D eigenvalue weighted by molar-refractivity contribution is -0.128. The number of nitrogens with one attached hydrogen (secondary N) is 1. The molecule has 7 nitrogen and oxygen atoms in total. The van der Waals surface area contributed by atoms with Crippen LogP contribution in [0.15, 0.2) is 60.9 Å². The molecule has 4 rings (SSSR count). The maximum atomic E-state index is 13.2. The van der Waals surface area contributed by atoms with Gasteiger partial charge in [-0.2, -0.15) is 5.10 Å². The summed E-state index contributed by atoms with van der Waals surface area (Å²) in [6.45, 7) is 7.04. The van der Waals surface area contributed by atoms with Crippen LogP contribution in [0.5, 0.6) is 5.75 Å². The summed E-state index contributed by atoms with van der Waals surface area (Å²) in [5, 5.41) is 6.58. The predicted octanol–water partition coefficient (Wildman–Crippen LogP) is 3.94. The number of amides is 2. The summed E-state index contributed by atoms with van der Waals surface area (Å²) in [6, 6.07) is 16.1. The maximum Gasteiger partial charge on any atom is 0.259 e. The molecular weight excluding hydrogens is 416 g/mol. The fraction of sp³-hybridized carbons (Fsp3) is 0.346. The topological polar surface area (TPSA) is 78.5 Å². The van der Waals surface area contributed by atoms with Gasteiger partial charge in [-0.1, -0.05) is 57.2 Å². The maximum absolute atomic E-state index is 13.2. The number of carbonyl (C=O) groups excluding carboxylic acids is 2. The van der Waals surface area contributed by atoms with Gasteiger partial charge in [0.25, 0.3) is 5.91 Å². The van der Waals surface area contributed by atoms with Gasteiger partial charge in [0.2, 0.25) is 5.91 Å². The number of carbonyl (C=O) groups is 2. The molecule has 1 N–H and O–H groups in total. The van der Waals surface area contributed by atoms with E-state index in [4.69, 9.17) is 4.74 Å². The van der Waals surface area contributed by atoms with E-state index in [2.05, 4.69) is 43.1 Å². The van der Waals surface area contributed by atoms with Crippen molar-refractivity contribution in [3.05, 3.63) is 83.2 Å². The van der Waals surface area contributed by atoms with Crippen molar-refractivity contribution in [1.82, 2.24) is 20.0 Å². The number of nitrogens with zero attached hydrogens (tertiary/aromatic N) is 3. The summed E-state index contributed by atoms with van der Waals surface area (Å²) in [5.74, 6) is 0.517. The van der Waals surface area contributed by atoms with Crippen LogP contribution in [0, 0.1) is 0 Å². The largest absolute Gasteiger partial charge is 0.497 e. The number of benzene rings is 2. The molecule has 1 saturated heterocycles. The van der Waals surface area contributed by atoms with E-state index in [1.54, 1.807) is 23.1 Å². The molecule has 0 radical (unpaired) electrons. The third kappa shape index (κ3) is 4.77. The van der Waals surface area contributed by atoms with Gasteiger partial charge in [0.1, 0.15) is 18.5 Å². The van der Waals surface area contributed by atoms with E-state index in [1.165, 1.54) is 11.8 Å². The first-order chi connectivity index (χ1) is 15.8. The van der Waals surface area contributed by atoms with E-state index < -0.39 is 6.17 Å². The smallest absolute Gasteiger partial charge is 0.259 e. The first-order valence-electron chi connectivity index (χ1n) is 11.1. The molecule has 2 amide bonds. The Morgan fingerprint density at radius 3 is 2.39 bits per heavy atom. The highest BCUT2D eigenvalue weighted by Crippen LogP contribution is 2.34. The average Bonchev–Trinajstić information content (AvgIpc) is 3.45. The van der Waals surface area contributed by atoms with Gasteiger partial charge in [-0.15, -0.1) is 0 Å². The van der Waals surface area contributed by atoms with Crippen LogP contribution in [0.25, 0.3) is 0 Å². The Bertz CT molecular complexity index is 1100. The number of H-pyrrole nitrogens is 1. The van der Waals surface area contributed by atoms with Crippen LogP contribution in [-0.2, 0) is 16.6 Å². The molecule has 0 spiro atoms. The van der Waals surface area contributed by atoms with Gasteiger partial charge >= 0.3 is 0 Å². The molecule has 2 heterocycles. The minimum absolute atomic E-state index is 0.0182. The molecule has 3 aromatic rings.